The van der Waals surface area contributed by atoms with E-state index in [0.717, 1.165) is 19.3 Å². The zero-order valence-electron chi connectivity index (χ0n) is 11.0. The molecule has 1 fully saturated rings. The molecule has 0 radical (unpaired) electrons. The maximum atomic E-state index is 12.3. The van der Waals surface area contributed by atoms with E-state index in [1.807, 2.05) is 0 Å². The molecule has 0 spiro atoms. The normalized spacial score (nSPS) is 22.0. The van der Waals surface area contributed by atoms with E-state index >= 15 is 0 Å². The molecule has 1 aliphatic carbocycles. The molecule has 0 aromatic carbocycles. The van der Waals surface area contributed by atoms with Gasteiger partial charge >= 0.3 is 0 Å². The van der Waals surface area contributed by atoms with E-state index in [9.17, 15) is 4.79 Å². The van der Waals surface area contributed by atoms with Crippen molar-refractivity contribution in [3.63, 3.8) is 0 Å². The Morgan fingerprint density at radius 1 is 1.37 bits per heavy atom. The molecular weight excluding hydrogens is 285 g/mol. The molecular formula is C13H17Cl2N3O. The van der Waals surface area contributed by atoms with Gasteiger partial charge in [0.25, 0.3) is 5.91 Å². The highest BCUT2D eigenvalue weighted by molar-refractivity contribution is 6.34. The first kappa shape index (κ1) is 14.5. The van der Waals surface area contributed by atoms with E-state index < -0.39 is 0 Å². The van der Waals surface area contributed by atoms with Crippen molar-refractivity contribution in [1.29, 1.82) is 0 Å². The molecule has 0 bridgehead atoms. The van der Waals surface area contributed by atoms with E-state index in [-0.39, 0.29) is 33.2 Å². The SMILES string of the molecule is CC1(C)CCCCC1NC(=O)c1cc(Cl)nnc1Cl. The smallest absolute Gasteiger partial charge is 0.254 e. The number of carbonyl (C=O) groups is 1. The summed E-state index contributed by atoms with van der Waals surface area (Å²) in [5.74, 6) is -0.234. The Bertz CT molecular complexity index is 491. The molecule has 1 aromatic heterocycles. The van der Waals surface area contributed by atoms with Gasteiger partial charge in [-0.2, -0.15) is 0 Å². The van der Waals surface area contributed by atoms with Crippen LogP contribution in [0.4, 0.5) is 0 Å². The van der Waals surface area contributed by atoms with Crippen LogP contribution < -0.4 is 5.32 Å². The van der Waals surface area contributed by atoms with Crippen LogP contribution in [0.2, 0.25) is 10.3 Å². The standard InChI is InChI=1S/C13H17Cl2N3O/c1-13(2)6-4-3-5-9(13)16-12(19)8-7-10(14)17-18-11(8)15/h7,9H,3-6H2,1-2H3,(H,16,19). The van der Waals surface area contributed by atoms with Gasteiger partial charge in [0.05, 0.1) is 5.56 Å². The Balaban J connectivity index is 2.14. The van der Waals surface area contributed by atoms with Crippen molar-refractivity contribution in [3.05, 3.63) is 21.9 Å². The fourth-order valence-electron chi connectivity index (χ4n) is 2.51. The van der Waals surface area contributed by atoms with Crippen LogP contribution >= 0.6 is 23.2 Å². The highest BCUT2D eigenvalue weighted by Gasteiger charge is 2.33. The fraction of sp³-hybridized carbons (Fsp3) is 0.615. The van der Waals surface area contributed by atoms with Gasteiger partial charge in [-0.05, 0) is 24.3 Å². The molecule has 2 rings (SSSR count). The van der Waals surface area contributed by atoms with E-state index in [2.05, 4.69) is 29.4 Å². The van der Waals surface area contributed by atoms with Crippen molar-refractivity contribution in [2.75, 3.05) is 0 Å². The van der Waals surface area contributed by atoms with Gasteiger partial charge in [0.2, 0.25) is 0 Å². The zero-order valence-corrected chi connectivity index (χ0v) is 12.6. The predicted molar refractivity (Wildman–Crippen MR) is 75.6 cm³/mol. The fourth-order valence-corrected chi connectivity index (χ4v) is 2.83. The molecule has 1 aliphatic rings. The van der Waals surface area contributed by atoms with Crippen molar-refractivity contribution in [2.24, 2.45) is 5.41 Å². The third-order valence-corrected chi connectivity index (χ3v) is 4.24. The first-order valence-corrected chi connectivity index (χ1v) is 7.15. The van der Waals surface area contributed by atoms with E-state index in [1.54, 1.807) is 0 Å². The summed E-state index contributed by atoms with van der Waals surface area (Å²) in [5, 5.41) is 10.5. The Labute approximate surface area is 122 Å². The second kappa shape index (κ2) is 5.63. The monoisotopic (exact) mass is 301 g/mol. The molecule has 0 saturated heterocycles. The number of aromatic nitrogens is 2. The van der Waals surface area contributed by atoms with Gasteiger partial charge in [0.1, 0.15) is 0 Å². The van der Waals surface area contributed by atoms with Crippen molar-refractivity contribution >= 4 is 29.1 Å². The lowest BCUT2D eigenvalue weighted by molar-refractivity contribution is 0.0853. The molecule has 104 valence electrons. The number of rotatable bonds is 2. The van der Waals surface area contributed by atoms with Gasteiger partial charge in [0.15, 0.2) is 10.3 Å². The molecule has 1 unspecified atom stereocenters. The van der Waals surface area contributed by atoms with Crippen LogP contribution in [0.3, 0.4) is 0 Å². The minimum Gasteiger partial charge on any atom is -0.349 e. The first-order chi connectivity index (χ1) is 8.90. The van der Waals surface area contributed by atoms with Gasteiger partial charge in [-0.25, -0.2) is 0 Å². The van der Waals surface area contributed by atoms with E-state index in [0.29, 0.717) is 0 Å². The topological polar surface area (TPSA) is 54.9 Å². The number of hydrogen-bond acceptors (Lipinski definition) is 3. The van der Waals surface area contributed by atoms with Gasteiger partial charge < -0.3 is 5.32 Å². The highest BCUT2D eigenvalue weighted by Crippen LogP contribution is 2.35. The second-order valence-electron chi connectivity index (χ2n) is 5.63. The third-order valence-electron chi connectivity index (χ3n) is 3.78. The first-order valence-electron chi connectivity index (χ1n) is 6.40. The van der Waals surface area contributed by atoms with Gasteiger partial charge in [-0.1, -0.05) is 49.9 Å². The molecule has 0 aliphatic heterocycles. The highest BCUT2D eigenvalue weighted by atomic mass is 35.5. The summed E-state index contributed by atoms with van der Waals surface area (Å²) in [5.41, 5.74) is 0.382. The summed E-state index contributed by atoms with van der Waals surface area (Å²) in [6.45, 7) is 4.35. The Kier molecular flexibility index (Phi) is 4.31. The van der Waals surface area contributed by atoms with Crippen LogP contribution in [0.1, 0.15) is 49.9 Å². The minimum atomic E-state index is -0.234. The maximum Gasteiger partial charge on any atom is 0.254 e. The molecule has 1 aromatic rings. The lowest BCUT2D eigenvalue weighted by Gasteiger charge is -2.39. The Morgan fingerprint density at radius 2 is 2.11 bits per heavy atom. The van der Waals surface area contributed by atoms with E-state index in [1.165, 1.54) is 12.5 Å². The van der Waals surface area contributed by atoms with Crippen LogP contribution in [0.5, 0.6) is 0 Å². The predicted octanol–water partition coefficient (Wildman–Crippen LogP) is 3.48. The average Bonchev–Trinajstić information content (AvgIpc) is 2.34. The second-order valence-corrected chi connectivity index (χ2v) is 6.38. The van der Waals surface area contributed by atoms with Crippen LogP contribution in [-0.2, 0) is 0 Å². The minimum absolute atomic E-state index is 0.0792. The van der Waals surface area contributed by atoms with Crippen molar-refractivity contribution in [1.82, 2.24) is 15.5 Å². The summed E-state index contributed by atoms with van der Waals surface area (Å²) >= 11 is 11.6. The number of amides is 1. The van der Waals surface area contributed by atoms with Gasteiger partial charge in [-0.3, -0.25) is 4.79 Å². The summed E-state index contributed by atoms with van der Waals surface area (Å²) in [7, 11) is 0. The van der Waals surface area contributed by atoms with Crippen molar-refractivity contribution in [3.8, 4) is 0 Å². The Hall–Kier alpha value is -0.870. The van der Waals surface area contributed by atoms with Crippen LogP contribution in [-0.4, -0.2) is 22.1 Å². The largest absolute Gasteiger partial charge is 0.349 e. The maximum absolute atomic E-state index is 12.3. The molecule has 1 heterocycles. The third kappa shape index (κ3) is 3.37. The molecule has 1 saturated carbocycles. The number of hydrogen-bond donors (Lipinski definition) is 1. The Morgan fingerprint density at radius 3 is 2.79 bits per heavy atom. The van der Waals surface area contributed by atoms with Crippen LogP contribution in [0.25, 0.3) is 0 Å². The van der Waals surface area contributed by atoms with Crippen molar-refractivity contribution in [2.45, 2.75) is 45.6 Å². The number of nitrogens with one attached hydrogen (secondary N) is 1. The average molecular weight is 302 g/mol. The van der Waals surface area contributed by atoms with Crippen LogP contribution in [0.15, 0.2) is 6.07 Å². The summed E-state index contributed by atoms with van der Waals surface area (Å²) in [6, 6.07) is 1.60. The number of carbonyl (C=O) groups excluding carboxylic acids is 1. The number of nitrogens with zero attached hydrogens (tertiary/aromatic N) is 2. The lowest BCUT2D eigenvalue weighted by atomic mass is 9.73. The van der Waals surface area contributed by atoms with Gasteiger partial charge in [0, 0.05) is 6.04 Å². The van der Waals surface area contributed by atoms with Crippen molar-refractivity contribution < 1.29 is 4.79 Å². The molecule has 1 amide bonds. The zero-order chi connectivity index (χ0) is 14.0. The number of halogens is 2. The molecule has 19 heavy (non-hydrogen) atoms. The van der Waals surface area contributed by atoms with Crippen LogP contribution in [0, 0.1) is 5.41 Å². The lowest BCUT2D eigenvalue weighted by Crippen LogP contribution is -2.46. The molecule has 1 atom stereocenters. The summed E-state index contributed by atoms with van der Waals surface area (Å²) in [6.07, 6.45) is 4.45. The molecule has 4 nitrogen and oxygen atoms in total. The molecule has 1 N–H and O–H groups in total. The van der Waals surface area contributed by atoms with Gasteiger partial charge in [-0.15, -0.1) is 10.2 Å². The summed E-state index contributed by atoms with van der Waals surface area (Å²) < 4.78 is 0. The van der Waals surface area contributed by atoms with E-state index in [4.69, 9.17) is 23.2 Å². The summed E-state index contributed by atoms with van der Waals surface area (Å²) in [4.78, 5) is 12.3. The molecule has 6 heteroatoms. The quantitative estimate of drug-likeness (QED) is 0.910.